The zero-order valence-electron chi connectivity index (χ0n) is 16.4. The van der Waals surface area contributed by atoms with Gasteiger partial charge in [0.25, 0.3) is 0 Å². The lowest BCUT2D eigenvalue weighted by molar-refractivity contribution is 0.101. The maximum atomic E-state index is 12.7. The van der Waals surface area contributed by atoms with Crippen LogP contribution < -0.4 is 0 Å². The lowest BCUT2D eigenvalue weighted by Gasteiger charge is -2.14. The summed E-state index contributed by atoms with van der Waals surface area (Å²) in [5.41, 5.74) is 12.1. The SMILES string of the molecule is CC(=O)c1c(Cl)ccc2c1C(=C1c3ccccc3-c3ccccc31)c1ccccc1-2. The van der Waals surface area contributed by atoms with Crippen LogP contribution in [0.5, 0.6) is 0 Å². The van der Waals surface area contributed by atoms with Gasteiger partial charge in [-0.3, -0.25) is 4.79 Å². The molecule has 2 aliphatic rings. The van der Waals surface area contributed by atoms with E-state index >= 15 is 0 Å². The van der Waals surface area contributed by atoms with Gasteiger partial charge in [0, 0.05) is 11.1 Å². The standard InChI is InChI=1S/C28H17ClO/c1-16(30)25-24(29)15-14-23-19-10-4-7-13-22(19)28(27(23)25)26-20-11-5-2-8-17(20)18-9-3-6-12-21(18)26/h2-15H,1H3. The first-order chi connectivity index (χ1) is 14.7. The maximum Gasteiger partial charge on any atom is 0.161 e. The Morgan fingerprint density at radius 1 is 0.567 bits per heavy atom. The van der Waals surface area contributed by atoms with Crippen LogP contribution in [0.4, 0.5) is 0 Å². The number of ketones is 1. The van der Waals surface area contributed by atoms with Crippen LogP contribution in [0.2, 0.25) is 5.02 Å². The van der Waals surface area contributed by atoms with E-state index in [2.05, 4.69) is 72.8 Å². The smallest absolute Gasteiger partial charge is 0.161 e. The van der Waals surface area contributed by atoms with E-state index in [1.165, 1.54) is 27.8 Å². The normalized spacial score (nSPS) is 13.0. The number of carbonyl (C=O) groups excluding carboxylic acids is 1. The van der Waals surface area contributed by atoms with Crippen molar-refractivity contribution in [3.8, 4) is 22.3 Å². The molecular weight excluding hydrogens is 388 g/mol. The fourth-order valence-electron chi connectivity index (χ4n) is 5.02. The summed E-state index contributed by atoms with van der Waals surface area (Å²) in [6, 6.07) is 29.3. The molecule has 142 valence electrons. The Morgan fingerprint density at radius 2 is 1.00 bits per heavy atom. The van der Waals surface area contributed by atoms with Gasteiger partial charge in [-0.25, -0.2) is 0 Å². The van der Waals surface area contributed by atoms with Crippen LogP contribution in [-0.2, 0) is 0 Å². The highest BCUT2D eigenvalue weighted by atomic mass is 35.5. The number of carbonyl (C=O) groups is 1. The molecule has 0 fully saturated rings. The van der Waals surface area contributed by atoms with Crippen molar-refractivity contribution < 1.29 is 4.79 Å². The third-order valence-corrected chi connectivity index (χ3v) is 6.49. The molecule has 1 nitrogen and oxygen atoms in total. The van der Waals surface area contributed by atoms with Gasteiger partial charge in [0.1, 0.15) is 0 Å². The van der Waals surface area contributed by atoms with Crippen molar-refractivity contribution in [2.75, 3.05) is 0 Å². The number of fused-ring (bicyclic) bond motifs is 6. The minimum Gasteiger partial charge on any atom is -0.294 e. The molecule has 0 amide bonds. The molecule has 0 saturated carbocycles. The summed E-state index contributed by atoms with van der Waals surface area (Å²) in [5.74, 6) is -0.0117. The minimum absolute atomic E-state index is 0.0117. The number of hydrogen-bond donors (Lipinski definition) is 0. The van der Waals surface area contributed by atoms with Gasteiger partial charge in [0.05, 0.1) is 5.02 Å². The van der Waals surface area contributed by atoms with Gasteiger partial charge in [-0.05, 0) is 63.1 Å². The van der Waals surface area contributed by atoms with E-state index in [1.807, 2.05) is 12.1 Å². The predicted molar refractivity (Wildman–Crippen MR) is 124 cm³/mol. The van der Waals surface area contributed by atoms with Crippen molar-refractivity contribution >= 4 is 28.5 Å². The van der Waals surface area contributed by atoms with Crippen molar-refractivity contribution in [2.24, 2.45) is 0 Å². The van der Waals surface area contributed by atoms with Gasteiger partial charge >= 0.3 is 0 Å². The van der Waals surface area contributed by atoms with Crippen molar-refractivity contribution in [3.63, 3.8) is 0 Å². The third-order valence-electron chi connectivity index (χ3n) is 6.18. The quantitative estimate of drug-likeness (QED) is 0.259. The van der Waals surface area contributed by atoms with Crippen molar-refractivity contribution in [3.05, 3.63) is 118 Å². The molecule has 6 rings (SSSR count). The van der Waals surface area contributed by atoms with Crippen molar-refractivity contribution in [1.29, 1.82) is 0 Å². The van der Waals surface area contributed by atoms with E-state index in [-0.39, 0.29) is 5.78 Å². The van der Waals surface area contributed by atoms with Crippen molar-refractivity contribution in [1.82, 2.24) is 0 Å². The second kappa shape index (κ2) is 6.29. The van der Waals surface area contributed by atoms with Crippen LogP contribution in [0.15, 0.2) is 84.9 Å². The molecule has 0 atom stereocenters. The summed E-state index contributed by atoms with van der Waals surface area (Å²) >= 11 is 6.57. The molecule has 0 unspecified atom stereocenters. The summed E-state index contributed by atoms with van der Waals surface area (Å²) in [6.07, 6.45) is 0. The van der Waals surface area contributed by atoms with Crippen LogP contribution >= 0.6 is 11.6 Å². The second-order valence-electron chi connectivity index (χ2n) is 7.79. The summed E-state index contributed by atoms with van der Waals surface area (Å²) in [6.45, 7) is 1.60. The highest BCUT2D eigenvalue weighted by molar-refractivity contribution is 6.35. The predicted octanol–water partition coefficient (Wildman–Crippen LogP) is 7.51. The zero-order valence-corrected chi connectivity index (χ0v) is 17.1. The molecule has 0 aromatic heterocycles. The van der Waals surface area contributed by atoms with Crippen LogP contribution in [-0.4, -0.2) is 5.78 Å². The number of Topliss-reactive ketones (excluding diaryl/α,β-unsaturated/α-hetero) is 1. The highest BCUT2D eigenvalue weighted by Gasteiger charge is 2.34. The summed E-state index contributed by atoms with van der Waals surface area (Å²) in [5, 5.41) is 0.506. The molecule has 4 aromatic rings. The van der Waals surface area contributed by atoms with E-state index in [4.69, 9.17) is 11.6 Å². The van der Waals surface area contributed by atoms with E-state index < -0.39 is 0 Å². The first kappa shape index (κ1) is 17.4. The molecule has 30 heavy (non-hydrogen) atoms. The van der Waals surface area contributed by atoms with Crippen LogP contribution in [0.25, 0.3) is 33.4 Å². The summed E-state index contributed by atoms with van der Waals surface area (Å²) < 4.78 is 0. The lowest BCUT2D eigenvalue weighted by atomic mass is 9.88. The number of hydrogen-bond acceptors (Lipinski definition) is 1. The fraction of sp³-hybridized carbons (Fsp3) is 0.0357. The fourth-order valence-corrected chi connectivity index (χ4v) is 5.31. The molecule has 2 heteroatoms. The Labute approximate surface area is 180 Å². The van der Waals surface area contributed by atoms with Gasteiger partial charge in [0.2, 0.25) is 0 Å². The number of benzene rings is 4. The average molecular weight is 405 g/mol. The highest BCUT2D eigenvalue weighted by Crippen LogP contribution is 2.55. The van der Waals surface area contributed by atoms with Crippen LogP contribution in [0.1, 0.15) is 39.5 Å². The Bertz CT molecular complexity index is 1380. The van der Waals surface area contributed by atoms with Crippen LogP contribution in [0.3, 0.4) is 0 Å². The number of rotatable bonds is 1. The van der Waals surface area contributed by atoms with Gasteiger partial charge < -0.3 is 0 Å². The van der Waals surface area contributed by atoms with E-state index in [0.29, 0.717) is 10.6 Å². The molecule has 0 radical (unpaired) electrons. The molecule has 0 spiro atoms. The zero-order chi connectivity index (χ0) is 20.4. The molecule has 4 aromatic carbocycles. The molecule has 0 N–H and O–H groups in total. The van der Waals surface area contributed by atoms with E-state index in [1.54, 1.807) is 6.92 Å². The van der Waals surface area contributed by atoms with Gasteiger partial charge in [-0.1, -0.05) is 90.5 Å². The Balaban J connectivity index is 1.85. The monoisotopic (exact) mass is 404 g/mol. The van der Waals surface area contributed by atoms with Crippen molar-refractivity contribution in [2.45, 2.75) is 6.92 Å². The third kappa shape index (κ3) is 2.21. The number of halogens is 1. The molecule has 0 heterocycles. The van der Waals surface area contributed by atoms with E-state index in [0.717, 1.165) is 27.8 Å². The van der Waals surface area contributed by atoms with Gasteiger partial charge in [-0.2, -0.15) is 0 Å². The van der Waals surface area contributed by atoms with Gasteiger partial charge in [0.15, 0.2) is 5.78 Å². The Morgan fingerprint density at radius 3 is 1.50 bits per heavy atom. The molecule has 0 bridgehead atoms. The van der Waals surface area contributed by atoms with Gasteiger partial charge in [-0.15, -0.1) is 0 Å². The lowest BCUT2D eigenvalue weighted by Crippen LogP contribution is -2.01. The molecular formula is C28H17ClO. The average Bonchev–Trinajstić information content (AvgIpc) is 3.26. The Hall–Kier alpha value is -3.42. The second-order valence-corrected chi connectivity index (χ2v) is 8.20. The topological polar surface area (TPSA) is 17.1 Å². The Kier molecular flexibility index (Phi) is 3.65. The molecule has 0 aliphatic heterocycles. The summed E-state index contributed by atoms with van der Waals surface area (Å²) in [4.78, 5) is 12.7. The first-order valence-corrected chi connectivity index (χ1v) is 10.4. The minimum atomic E-state index is -0.0117. The van der Waals surface area contributed by atoms with Crippen LogP contribution in [0, 0.1) is 0 Å². The maximum absolute atomic E-state index is 12.7. The first-order valence-electron chi connectivity index (χ1n) is 10.0. The van der Waals surface area contributed by atoms with E-state index in [9.17, 15) is 4.79 Å². The molecule has 0 saturated heterocycles. The summed E-state index contributed by atoms with van der Waals surface area (Å²) in [7, 11) is 0. The largest absolute Gasteiger partial charge is 0.294 e. The molecule has 2 aliphatic carbocycles.